The molecule has 0 spiro atoms. The van der Waals surface area contributed by atoms with Gasteiger partial charge in [0.25, 0.3) is 0 Å². The first-order valence-electron chi connectivity index (χ1n) is 4.92. The molecular formula is C12H10F2N2O. The third-order valence-electron chi connectivity index (χ3n) is 2.14. The van der Waals surface area contributed by atoms with Crippen molar-refractivity contribution in [3.05, 3.63) is 48.0 Å². The lowest BCUT2D eigenvalue weighted by atomic mass is 10.3. The van der Waals surface area contributed by atoms with E-state index in [1.807, 2.05) is 0 Å². The van der Waals surface area contributed by atoms with Gasteiger partial charge in [-0.1, -0.05) is 0 Å². The van der Waals surface area contributed by atoms with Crippen molar-refractivity contribution in [1.29, 1.82) is 0 Å². The van der Waals surface area contributed by atoms with Crippen molar-refractivity contribution in [3.63, 3.8) is 0 Å². The topological polar surface area (TPSA) is 34.1 Å². The Balaban J connectivity index is 2.25. The number of ether oxygens (including phenoxy) is 1. The number of anilines is 2. The number of hydrogen-bond acceptors (Lipinski definition) is 3. The Hall–Kier alpha value is -2.17. The zero-order chi connectivity index (χ0) is 12.3. The van der Waals surface area contributed by atoms with E-state index in [1.165, 1.54) is 43.5 Å². The van der Waals surface area contributed by atoms with Gasteiger partial charge in [-0.15, -0.1) is 0 Å². The fourth-order valence-corrected chi connectivity index (χ4v) is 1.30. The Morgan fingerprint density at radius 1 is 1.06 bits per heavy atom. The number of nitrogens with one attached hydrogen (secondary N) is 1. The highest BCUT2D eigenvalue weighted by Gasteiger charge is 2.06. The number of pyridine rings is 1. The molecular weight excluding hydrogens is 226 g/mol. The monoisotopic (exact) mass is 236 g/mol. The van der Waals surface area contributed by atoms with Crippen LogP contribution in [0.5, 0.6) is 5.88 Å². The normalized spacial score (nSPS) is 10.1. The summed E-state index contributed by atoms with van der Waals surface area (Å²) < 4.78 is 31.0. The summed E-state index contributed by atoms with van der Waals surface area (Å²) in [5.74, 6) is -0.517. The molecule has 1 aromatic carbocycles. The molecule has 0 atom stereocenters. The maximum Gasteiger partial charge on any atom is 0.215 e. The van der Waals surface area contributed by atoms with Crippen LogP contribution in [0.4, 0.5) is 20.3 Å². The third-order valence-corrected chi connectivity index (χ3v) is 2.14. The molecule has 0 aliphatic carbocycles. The van der Waals surface area contributed by atoms with Crippen molar-refractivity contribution in [1.82, 2.24) is 4.98 Å². The number of nitrogens with zero attached hydrogens (tertiary/aromatic N) is 1. The standard InChI is InChI=1S/C12H10F2N2O/c1-17-11-7-6-10(14)12(16-11)15-9-4-2-8(13)3-5-9/h2-7H,1H3,(H,15,16). The highest BCUT2D eigenvalue weighted by Crippen LogP contribution is 2.20. The van der Waals surface area contributed by atoms with Gasteiger partial charge in [-0.2, -0.15) is 4.98 Å². The number of methoxy groups -OCH3 is 1. The molecule has 1 aromatic heterocycles. The lowest BCUT2D eigenvalue weighted by molar-refractivity contribution is 0.397. The van der Waals surface area contributed by atoms with Crippen LogP contribution in [-0.2, 0) is 0 Å². The highest BCUT2D eigenvalue weighted by molar-refractivity contribution is 5.56. The van der Waals surface area contributed by atoms with Crippen molar-refractivity contribution < 1.29 is 13.5 Å². The van der Waals surface area contributed by atoms with E-state index in [-0.39, 0.29) is 11.6 Å². The van der Waals surface area contributed by atoms with Crippen LogP contribution in [0.2, 0.25) is 0 Å². The molecule has 0 unspecified atom stereocenters. The van der Waals surface area contributed by atoms with Crippen LogP contribution in [0, 0.1) is 11.6 Å². The maximum atomic E-state index is 13.4. The third kappa shape index (κ3) is 2.69. The van der Waals surface area contributed by atoms with E-state index in [2.05, 4.69) is 10.3 Å². The molecule has 3 nitrogen and oxygen atoms in total. The lowest BCUT2D eigenvalue weighted by Gasteiger charge is -2.07. The number of aromatic nitrogens is 1. The van der Waals surface area contributed by atoms with Gasteiger partial charge in [0.2, 0.25) is 5.88 Å². The van der Waals surface area contributed by atoms with Crippen LogP contribution in [0.1, 0.15) is 0 Å². The number of halogens is 2. The molecule has 0 aliphatic heterocycles. The summed E-state index contributed by atoms with van der Waals surface area (Å²) in [6.45, 7) is 0. The molecule has 5 heteroatoms. The van der Waals surface area contributed by atoms with Crippen LogP contribution < -0.4 is 10.1 Å². The molecule has 1 heterocycles. The Kier molecular flexibility index (Phi) is 3.18. The molecule has 0 fully saturated rings. The van der Waals surface area contributed by atoms with Gasteiger partial charge in [-0.3, -0.25) is 0 Å². The number of rotatable bonds is 3. The van der Waals surface area contributed by atoms with E-state index in [4.69, 9.17) is 4.74 Å². The summed E-state index contributed by atoms with van der Waals surface area (Å²) in [7, 11) is 1.45. The molecule has 88 valence electrons. The maximum absolute atomic E-state index is 13.4. The molecule has 2 rings (SSSR count). The Morgan fingerprint density at radius 2 is 1.76 bits per heavy atom. The second kappa shape index (κ2) is 4.78. The molecule has 0 bridgehead atoms. The second-order valence-electron chi connectivity index (χ2n) is 3.32. The molecule has 0 saturated carbocycles. The largest absolute Gasteiger partial charge is 0.481 e. The van der Waals surface area contributed by atoms with Crippen LogP contribution in [0.3, 0.4) is 0 Å². The van der Waals surface area contributed by atoms with Gasteiger partial charge in [0, 0.05) is 11.8 Å². The molecule has 2 aromatic rings. The second-order valence-corrected chi connectivity index (χ2v) is 3.32. The summed E-state index contributed by atoms with van der Waals surface area (Å²) >= 11 is 0. The minimum Gasteiger partial charge on any atom is -0.481 e. The van der Waals surface area contributed by atoms with Crippen LogP contribution >= 0.6 is 0 Å². The van der Waals surface area contributed by atoms with Crippen molar-refractivity contribution in [2.75, 3.05) is 12.4 Å². The van der Waals surface area contributed by atoms with E-state index in [0.717, 1.165) is 0 Å². The predicted molar refractivity (Wildman–Crippen MR) is 60.4 cm³/mol. The van der Waals surface area contributed by atoms with Gasteiger partial charge >= 0.3 is 0 Å². The van der Waals surface area contributed by atoms with Crippen molar-refractivity contribution in [3.8, 4) is 5.88 Å². The minimum absolute atomic E-state index is 0.0379. The van der Waals surface area contributed by atoms with Gasteiger partial charge in [0.05, 0.1) is 7.11 Å². The summed E-state index contributed by atoms with van der Waals surface area (Å²) in [5.41, 5.74) is 0.547. The van der Waals surface area contributed by atoms with E-state index < -0.39 is 5.82 Å². The van der Waals surface area contributed by atoms with Crippen LogP contribution in [0.25, 0.3) is 0 Å². The Labute approximate surface area is 97.1 Å². The first-order chi connectivity index (χ1) is 8.19. The van der Waals surface area contributed by atoms with Gasteiger partial charge in [0.1, 0.15) is 5.82 Å². The zero-order valence-electron chi connectivity index (χ0n) is 9.08. The number of benzene rings is 1. The lowest BCUT2D eigenvalue weighted by Crippen LogP contribution is -1.98. The SMILES string of the molecule is COc1ccc(F)c(Nc2ccc(F)cc2)n1. The molecule has 0 aliphatic rings. The van der Waals surface area contributed by atoms with Crippen molar-refractivity contribution in [2.24, 2.45) is 0 Å². The van der Waals surface area contributed by atoms with E-state index >= 15 is 0 Å². The molecule has 1 N–H and O–H groups in total. The summed E-state index contributed by atoms with van der Waals surface area (Å²) in [6, 6.07) is 8.22. The van der Waals surface area contributed by atoms with Gasteiger partial charge < -0.3 is 10.1 Å². The van der Waals surface area contributed by atoms with E-state index in [1.54, 1.807) is 0 Å². The molecule has 0 saturated heterocycles. The average Bonchev–Trinajstić information content (AvgIpc) is 2.35. The van der Waals surface area contributed by atoms with Crippen LogP contribution in [0.15, 0.2) is 36.4 Å². The van der Waals surface area contributed by atoms with Gasteiger partial charge in [-0.05, 0) is 30.3 Å². The first kappa shape index (κ1) is 11.3. The molecule has 17 heavy (non-hydrogen) atoms. The molecule has 0 radical (unpaired) electrons. The zero-order valence-corrected chi connectivity index (χ0v) is 9.08. The first-order valence-corrected chi connectivity index (χ1v) is 4.92. The minimum atomic E-state index is -0.505. The van der Waals surface area contributed by atoms with Crippen LogP contribution in [-0.4, -0.2) is 12.1 Å². The quantitative estimate of drug-likeness (QED) is 0.889. The van der Waals surface area contributed by atoms with E-state index in [9.17, 15) is 8.78 Å². The summed E-state index contributed by atoms with van der Waals surface area (Å²) in [6.07, 6.45) is 0. The fourth-order valence-electron chi connectivity index (χ4n) is 1.30. The highest BCUT2D eigenvalue weighted by atomic mass is 19.1. The Morgan fingerprint density at radius 3 is 2.41 bits per heavy atom. The smallest absolute Gasteiger partial charge is 0.215 e. The Bertz CT molecular complexity index is 514. The predicted octanol–water partition coefficient (Wildman–Crippen LogP) is 3.11. The van der Waals surface area contributed by atoms with Crippen molar-refractivity contribution in [2.45, 2.75) is 0 Å². The fraction of sp³-hybridized carbons (Fsp3) is 0.0833. The van der Waals surface area contributed by atoms with Crippen molar-refractivity contribution >= 4 is 11.5 Å². The number of hydrogen-bond donors (Lipinski definition) is 1. The van der Waals surface area contributed by atoms with Gasteiger partial charge in [0.15, 0.2) is 11.6 Å². The average molecular weight is 236 g/mol. The summed E-state index contributed by atoms with van der Waals surface area (Å²) in [4.78, 5) is 3.91. The summed E-state index contributed by atoms with van der Waals surface area (Å²) in [5, 5.41) is 2.74. The van der Waals surface area contributed by atoms with Gasteiger partial charge in [-0.25, -0.2) is 8.78 Å². The molecule has 0 amide bonds. The van der Waals surface area contributed by atoms with E-state index in [0.29, 0.717) is 11.6 Å².